The minimum absolute atomic E-state index is 0.0313. The van der Waals surface area contributed by atoms with Crippen molar-refractivity contribution in [3.05, 3.63) is 24.0 Å². The number of hydrogen-bond donors (Lipinski definition) is 2. The second kappa shape index (κ2) is 5.50. The largest absolute Gasteiger partial charge is 0.481 e. The molecule has 1 aromatic heterocycles. The Morgan fingerprint density at radius 3 is 2.61 bits per heavy atom. The van der Waals surface area contributed by atoms with Gasteiger partial charge in [0.05, 0.1) is 18.3 Å². The maximum absolute atomic E-state index is 10.8. The van der Waals surface area contributed by atoms with Crippen LogP contribution in [0.2, 0.25) is 0 Å². The molecule has 0 saturated carbocycles. The summed E-state index contributed by atoms with van der Waals surface area (Å²) in [4.78, 5) is 14.8. The van der Waals surface area contributed by atoms with Gasteiger partial charge in [-0.2, -0.15) is 5.26 Å². The number of carbonyl (C=O) groups is 1. The van der Waals surface area contributed by atoms with E-state index >= 15 is 0 Å². The predicted octanol–water partition coefficient (Wildman–Crippen LogP) is 2.25. The molecule has 0 amide bonds. The Hall–Kier alpha value is -2.09. The lowest BCUT2D eigenvalue weighted by molar-refractivity contribution is -0.137. The third-order valence-electron chi connectivity index (χ3n) is 2.64. The highest BCUT2D eigenvalue weighted by atomic mass is 16.4. The highest BCUT2D eigenvalue weighted by Gasteiger charge is 2.26. The molecular weight excluding hydrogens is 230 g/mol. The number of nitrogens with one attached hydrogen (secondary N) is 1. The van der Waals surface area contributed by atoms with Crippen LogP contribution in [0.25, 0.3) is 0 Å². The van der Waals surface area contributed by atoms with E-state index < -0.39 is 5.97 Å². The lowest BCUT2D eigenvalue weighted by atomic mass is 9.84. The van der Waals surface area contributed by atoms with Crippen molar-refractivity contribution in [2.24, 2.45) is 5.41 Å². The lowest BCUT2D eigenvalue weighted by Gasteiger charge is -2.31. The van der Waals surface area contributed by atoms with Crippen molar-refractivity contribution in [3.63, 3.8) is 0 Å². The summed E-state index contributed by atoms with van der Waals surface area (Å²) < 4.78 is 0. The third kappa shape index (κ3) is 4.06. The summed E-state index contributed by atoms with van der Waals surface area (Å²) in [6.07, 6.45) is 1.57. The number of aromatic nitrogens is 1. The Balaban J connectivity index is 2.83. The van der Waals surface area contributed by atoms with Gasteiger partial charge in [0.15, 0.2) is 0 Å². The van der Waals surface area contributed by atoms with Gasteiger partial charge < -0.3 is 10.4 Å². The number of nitrogens with zero attached hydrogens (tertiary/aromatic N) is 2. The normalized spacial score (nSPS) is 12.6. The molecule has 18 heavy (non-hydrogen) atoms. The van der Waals surface area contributed by atoms with Crippen LogP contribution in [0.5, 0.6) is 0 Å². The minimum Gasteiger partial charge on any atom is -0.481 e. The summed E-state index contributed by atoms with van der Waals surface area (Å²) in [5, 5.41) is 20.7. The Bertz CT molecular complexity index is 455. The van der Waals surface area contributed by atoms with E-state index in [1.807, 2.05) is 26.8 Å². The van der Waals surface area contributed by atoms with Crippen molar-refractivity contribution in [1.82, 2.24) is 4.98 Å². The van der Waals surface area contributed by atoms with Gasteiger partial charge in [-0.15, -0.1) is 0 Å². The monoisotopic (exact) mass is 247 g/mol. The number of hydrogen-bond acceptors (Lipinski definition) is 4. The van der Waals surface area contributed by atoms with E-state index in [4.69, 9.17) is 10.4 Å². The number of pyridine rings is 1. The molecule has 0 aliphatic carbocycles. The average Bonchev–Trinajstić information content (AvgIpc) is 2.27. The number of rotatable bonds is 4. The SMILES string of the molecule is CC(C)(C)C(CC(=O)O)Nc1ccc(C#N)nc1. The van der Waals surface area contributed by atoms with Crippen molar-refractivity contribution in [3.8, 4) is 6.07 Å². The maximum atomic E-state index is 10.8. The zero-order chi connectivity index (χ0) is 13.8. The van der Waals surface area contributed by atoms with Crippen LogP contribution in [0, 0.1) is 16.7 Å². The molecule has 1 heterocycles. The second-order valence-corrected chi connectivity index (χ2v) is 5.20. The molecule has 5 nitrogen and oxygen atoms in total. The molecule has 0 spiro atoms. The molecule has 1 atom stereocenters. The smallest absolute Gasteiger partial charge is 0.305 e. The van der Waals surface area contributed by atoms with E-state index in [2.05, 4.69) is 10.3 Å². The van der Waals surface area contributed by atoms with Gasteiger partial charge in [0.2, 0.25) is 0 Å². The van der Waals surface area contributed by atoms with Crippen molar-refractivity contribution < 1.29 is 9.90 Å². The van der Waals surface area contributed by atoms with E-state index in [0.717, 1.165) is 5.69 Å². The van der Waals surface area contributed by atoms with Crippen LogP contribution >= 0.6 is 0 Å². The molecule has 0 aromatic carbocycles. The highest BCUT2D eigenvalue weighted by Crippen LogP contribution is 2.25. The topological polar surface area (TPSA) is 86.0 Å². The molecule has 2 N–H and O–H groups in total. The van der Waals surface area contributed by atoms with Gasteiger partial charge in [-0.1, -0.05) is 20.8 Å². The van der Waals surface area contributed by atoms with Crippen molar-refractivity contribution in [2.45, 2.75) is 33.2 Å². The molecule has 96 valence electrons. The van der Waals surface area contributed by atoms with Gasteiger partial charge in [-0.05, 0) is 17.5 Å². The Kier molecular flexibility index (Phi) is 4.27. The van der Waals surface area contributed by atoms with Crippen molar-refractivity contribution in [1.29, 1.82) is 5.26 Å². The zero-order valence-electron chi connectivity index (χ0n) is 10.8. The van der Waals surface area contributed by atoms with Crippen LogP contribution in [-0.4, -0.2) is 22.1 Å². The summed E-state index contributed by atoms with van der Waals surface area (Å²) in [6, 6.07) is 5.06. The summed E-state index contributed by atoms with van der Waals surface area (Å²) >= 11 is 0. The molecular formula is C13H17N3O2. The maximum Gasteiger partial charge on any atom is 0.305 e. The Morgan fingerprint density at radius 2 is 2.22 bits per heavy atom. The van der Waals surface area contributed by atoms with Gasteiger partial charge in [-0.3, -0.25) is 4.79 Å². The highest BCUT2D eigenvalue weighted by molar-refractivity contribution is 5.68. The number of carboxylic acids is 1. The fourth-order valence-electron chi connectivity index (χ4n) is 1.49. The molecule has 0 saturated heterocycles. The van der Waals surface area contributed by atoms with E-state index in [1.165, 1.54) is 0 Å². The first-order valence-corrected chi connectivity index (χ1v) is 5.67. The number of aliphatic carboxylic acids is 1. The first kappa shape index (κ1) is 14.0. The molecule has 5 heteroatoms. The lowest BCUT2D eigenvalue weighted by Crippen LogP contribution is -2.36. The fourth-order valence-corrected chi connectivity index (χ4v) is 1.49. The molecule has 1 unspecified atom stereocenters. The number of carboxylic acid groups (broad SMARTS) is 1. The molecule has 0 aliphatic rings. The van der Waals surface area contributed by atoms with Crippen LogP contribution in [0.1, 0.15) is 32.9 Å². The average molecular weight is 247 g/mol. The Morgan fingerprint density at radius 1 is 1.56 bits per heavy atom. The number of anilines is 1. The summed E-state index contributed by atoms with van der Waals surface area (Å²) in [7, 11) is 0. The van der Waals surface area contributed by atoms with Crippen LogP contribution < -0.4 is 5.32 Å². The molecule has 1 aromatic rings. The number of nitriles is 1. The van der Waals surface area contributed by atoms with Crippen molar-refractivity contribution >= 4 is 11.7 Å². The third-order valence-corrected chi connectivity index (χ3v) is 2.64. The first-order valence-electron chi connectivity index (χ1n) is 5.67. The quantitative estimate of drug-likeness (QED) is 0.852. The molecule has 0 bridgehead atoms. The van der Waals surface area contributed by atoms with E-state index in [-0.39, 0.29) is 17.9 Å². The zero-order valence-corrected chi connectivity index (χ0v) is 10.8. The fraction of sp³-hybridized carbons (Fsp3) is 0.462. The van der Waals surface area contributed by atoms with Crippen LogP contribution in [0.15, 0.2) is 18.3 Å². The van der Waals surface area contributed by atoms with E-state index in [9.17, 15) is 4.79 Å². The van der Waals surface area contributed by atoms with Crippen LogP contribution in [0.3, 0.4) is 0 Å². The van der Waals surface area contributed by atoms with Crippen LogP contribution in [-0.2, 0) is 4.79 Å². The molecule has 0 fully saturated rings. The van der Waals surface area contributed by atoms with Crippen molar-refractivity contribution in [2.75, 3.05) is 5.32 Å². The Labute approximate surface area is 106 Å². The standard InChI is InChI=1S/C13H17N3O2/c1-13(2,3)11(6-12(17)18)16-10-5-4-9(7-14)15-8-10/h4-5,8,11,16H,6H2,1-3H3,(H,17,18). The van der Waals surface area contributed by atoms with Crippen LogP contribution in [0.4, 0.5) is 5.69 Å². The van der Waals surface area contributed by atoms with E-state index in [0.29, 0.717) is 5.69 Å². The van der Waals surface area contributed by atoms with E-state index in [1.54, 1.807) is 18.3 Å². The summed E-state index contributed by atoms with van der Waals surface area (Å²) in [5.41, 5.74) is 0.869. The molecule has 1 rings (SSSR count). The second-order valence-electron chi connectivity index (χ2n) is 5.20. The first-order chi connectivity index (χ1) is 8.32. The van der Waals surface area contributed by atoms with Gasteiger partial charge >= 0.3 is 5.97 Å². The van der Waals surface area contributed by atoms with Gasteiger partial charge in [0, 0.05) is 6.04 Å². The predicted molar refractivity (Wildman–Crippen MR) is 68.1 cm³/mol. The summed E-state index contributed by atoms with van der Waals surface area (Å²) in [6.45, 7) is 5.93. The van der Waals surface area contributed by atoms with Gasteiger partial charge in [-0.25, -0.2) is 4.98 Å². The molecule has 0 aliphatic heterocycles. The van der Waals surface area contributed by atoms with Gasteiger partial charge in [0.25, 0.3) is 0 Å². The summed E-state index contributed by atoms with van der Waals surface area (Å²) in [5.74, 6) is -0.843. The minimum atomic E-state index is -0.843. The van der Waals surface area contributed by atoms with Gasteiger partial charge in [0.1, 0.15) is 11.8 Å². The molecule has 0 radical (unpaired) electrons.